The summed E-state index contributed by atoms with van der Waals surface area (Å²) >= 11 is 0. The number of H-pyrrole nitrogens is 1. The maximum Gasteiger partial charge on any atom is 0.274 e. The van der Waals surface area contributed by atoms with Gasteiger partial charge in [0.25, 0.3) is 11.5 Å². The maximum absolute atomic E-state index is 12.7. The van der Waals surface area contributed by atoms with Crippen molar-refractivity contribution in [3.63, 3.8) is 0 Å². The van der Waals surface area contributed by atoms with Crippen molar-refractivity contribution in [1.29, 1.82) is 0 Å². The Bertz CT molecular complexity index is 1230. The van der Waals surface area contributed by atoms with Gasteiger partial charge in [-0.25, -0.2) is 9.97 Å². The van der Waals surface area contributed by atoms with E-state index in [0.717, 1.165) is 16.9 Å². The van der Waals surface area contributed by atoms with E-state index in [4.69, 9.17) is 0 Å². The second kappa shape index (κ2) is 6.39. The molecule has 0 unspecified atom stereocenters. The van der Waals surface area contributed by atoms with Gasteiger partial charge in [0.1, 0.15) is 5.82 Å². The van der Waals surface area contributed by atoms with Crippen molar-refractivity contribution in [3.05, 3.63) is 57.8 Å². The van der Waals surface area contributed by atoms with E-state index in [-0.39, 0.29) is 11.5 Å². The molecule has 0 saturated carbocycles. The second-order valence-corrected chi connectivity index (χ2v) is 6.57. The first kappa shape index (κ1) is 17.0. The molecule has 8 nitrogen and oxygen atoms in total. The van der Waals surface area contributed by atoms with Crippen molar-refractivity contribution in [1.82, 2.24) is 29.6 Å². The van der Waals surface area contributed by atoms with Gasteiger partial charge in [0.15, 0.2) is 5.65 Å². The molecule has 1 amide bonds. The number of hydrogen-bond acceptors (Lipinski definition) is 4. The van der Waals surface area contributed by atoms with Crippen molar-refractivity contribution >= 4 is 28.0 Å². The van der Waals surface area contributed by atoms with Crippen LogP contribution in [0.4, 0.5) is 0 Å². The molecule has 3 aromatic heterocycles. The number of aryl methyl sites for hydroxylation is 3. The summed E-state index contributed by atoms with van der Waals surface area (Å²) in [5.74, 6) is 0.608. The van der Waals surface area contributed by atoms with Gasteiger partial charge in [-0.15, -0.1) is 0 Å². The lowest BCUT2D eigenvalue weighted by Gasteiger charge is -2.09. The fraction of sp³-hybridized carbons (Fsp3) is 0.263. The van der Waals surface area contributed by atoms with Gasteiger partial charge in [0.05, 0.1) is 22.0 Å². The minimum Gasteiger partial charge on any atom is -0.350 e. The Balaban J connectivity index is 1.58. The number of hydrogen-bond donors (Lipinski definition) is 2. The number of carbonyl (C=O) groups excluding carboxylic acids is 1. The Hall–Kier alpha value is -3.42. The Kier molecular flexibility index (Phi) is 4.02. The van der Waals surface area contributed by atoms with Crippen LogP contribution in [0.2, 0.25) is 0 Å². The molecule has 0 bridgehead atoms. The van der Waals surface area contributed by atoms with Crippen LogP contribution >= 0.6 is 0 Å². The number of carbonyl (C=O) groups is 1. The van der Waals surface area contributed by atoms with E-state index >= 15 is 0 Å². The molecule has 0 aliphatic heterocycles. The van der Waals surface area contributed by atoms with Crippen LogP contribution in [0.1, 0.15) is 21.9 Å². The zero-order valence-corrected chi connectivity index (χ0v) is 15.4. The van der Waals surface area contributed by atoms with Crippen molar-refractivity contribution in [2.45, 2.75) is 20.4 Å². The van der Waals surface area contributed by atoms with Crippen LogP contribution in [0, 0.1) is 13.8 Å². The number of aromatic nitrogens is 5. The van der Waals surface area contributed by atoms with Crippen LogP contribution < -0.4 is 10.9 Å². The van der Waals surface area contributed by atoms with Crippen LogP contribution in [-0.4, -0.2) is 36.8 Å². The highest BCUT2D eigenvalue weighted by atomic mass is 16.2. The Labute approximate surface area is 154 Å². The first-order valence-corrected chi connectivity index (χ1v) is 8.72. The van der Waals surface area contributed by atoms with E-state index in [9.17, 15) is 9.59 Å². The highest BCUT2D eigenvalue weighted by Gasteiger charge is 2.17. The summed E-state index contributed by atoms with van der Waals surface area (Å²) in [6, 6.07) is 9.54. The third-order valence-corrected chi connectivity index (χ3v) is 4.65. The zero-order valence-electron chi connectivity index (χ0n) is 15.4. The molecule has 0 aliphatic rings. The lowest BCUT2D eigenvalue weighted by Crippen LogP contribution is -2.28. The number of amides is 1. The summed E-state index contributed by atoms with van der Waals surface area (Å²) in [7, 11) is 1.70. The average Bonchev–Trinajstić information content (AvgIpc) is 3.10. The van der Waals surface area contributed by atoms with E-state index in [1.807, 2.05) is 31.2 Å². The maximum atomic E-state index is 12.7. The van der Waals surface area contributed by atoms with Gasteiger partial charge in [-0.05, 0) is 32.0 Å². The van der Waals surface area contributed by atoms with E-state index in [1.165, 1.54) is 4.68 Å². The van der Waals surface area contributed by atoms with Gasteiger partial charge in [-0.3, -0.25) is 19.4 Å². The molecule has 0 spiro atoms. The summed E-state index contributed by atoms with van der Waals surface area (Å²) < 4.78 is 3.60. The molecule has 0 saturated heterocycles. The van der Waals surface area contributed by atoms with Crippen LogP contribution in [-0.2, 0) is 13.6 Å². The third kappa shape index (κ3) is 2.88. The smallest absolute Gasteiger partial charge is 0.274 e. The first-order chi connectivity index (χ1) is 13.0. The molecule has 0 atom stereocenters. The lowest BCUT2D eigenvalue weighted by atomic mass is 10.1. The molecule has 0 aliphatic carbocycles. The number of rotatable bonds is 4. The lowest BCUT2D eigenvalue weighted by molar-refractivity contribution is 0.0953. The molecule has 0 radical (unpaired) electrons. The minimum absolute atomic E-state index is 0.288. The van der Waals surface area contributed by atoms with Gasteiger partial charge in [-0.1, -0.05) is 12.1 Å². The fourth-order valence-electron chi connectivity index (χ4n) is 3.42. The molecule has 1 aromatic carbocycles. The SMILES string of the molecule is Cc1cc(C(=O)NCCn2c(C)nc3ccccc32)c2c(=O)[nH]n(C)c2n1. The topological polar surface area (TPSA) is 97.6 Å². The largest absolute Gasteiger partial charge is 0.350 e. The van der Waals surface area contributed by atoms with Crippen molar-refractivity contribution in [2.24, 2.45) is 7.05 Å². The second-order valence-electron chi connectivity index (χ2n) is 6.57. The normalized spacial score (nSPS) is 11.4. The molecular weight excluding hydrogens is 344 g/mol. The third-order valence-electron chi connectivity index (χ3n) is 4.65. The quantitative estimate of drug-likeness (QED) is 0.575. The van der Waals surface area contributed by atoms with Crippen molar-refractivity contribution in [3.8, 4) is 0 Å². The van der Waals surface area contributed by atoms with Crippen LogP contribution in [0.25, 0.3) is 22.1 Å². The number of benzene rings is 1. The standard InChI is InChI=1S/C19H20N6O2/c1-11-10-13(16-17(21-11)24(3)23-19(16)27)18(26)20-8-9-25-12(2)22-14-6-4-5-7-15(14)25/h4-7,10H,8-9H2,1-3H3,(H,20,26)(H,23,27). The summed E-state index contributed by atoms with van der Waals surface area (Å²) in [4.78, 5) is 33.8. The van der Waals surface area contributed by atoms with Crippen LogP contribution in [0.5, 0.6) is 0 Å². The van der Waals surface area contributed by atoms with Crippen molar-refractivity contribution in [2.75, 3.05) is 6.54 Å². The van der Waals surface area contributed by atoms with Gasteiger partial charge >= 0.3 is 0 Å². The summed E-state index contributed by atoms with van der Waals surface area (Å²) in [6.45, 7) is 4.76. The van der Waals surface area contributed by atoms with Gasteiger partial charge < -0.3 is 9.88 Å². The molecule has 8 heteroatoms. The predicted molar refractivity (Wildman–Crippen MR) is 103 cm³/mol. The molecule has 0 fully saturated rings. The molecule has 2 N–H and O–H groups in total. The number of nitrogens with one attached hydrogen (secondary N) is 2. The molecule has 4 aromatic rings. The highest BCUT2D eigenvalue weighted by Crippen LogP contribution is 2.16. The van der Waals surface area contributed by atoms with E-state index in [2.05, 4.69) is 25.0 Å². The number of pyridine rings is 1. The monoisotopic (exact) mass is 364 g/mol. The number of fused-ring (bicyclic) bond motifs is 2. The van der Waals surface area contributed by atoms with E-state index < -0.39 is 0 Å². The zero-order chi connectivity index (χ0) is 19.1. The number of imidazole rings is 1. The summed E-state index contributed by atoms with van der Waals surface area (Å²) in [6.07, 6.45) is 0. The number of nitrogens with zero attached hydrogens (tertiary/aromatic N) is 4. The molecule has 138 valence electrons. The summed E-state index contributed by atoms with van der Waals surface area (Å²) in [5, 5.41) is 5.87. The van der Waals surface area contributed by atoms with Crippen molar-refractivity contribution < 1.29 is 4.79 Å². The fourth-order valence-corrected chi connectivity index (χ4v) is 3.42. The molecule has 3 heterocycles. The van der Waals surface area contributed by atoms with Gasteiger partial charge in [0.2, 0.25) is 0 Å². The first-order valence-electron chi connectivity index (χ1n) is 8.72. The Morgan fingerprint density at radius 3 is 2.81 bits per heavy atom. The van der Waals surface area contributed by atoms with Crippen LogP contribution in [0.3, 0.4) is 0 Å². The highest BCUT2D eigenvalue weighted by molar-refractivity contribution is 6.05. The Morgan fingerprint density at radius 2 is 2.00 bits per heavy atom. The Morgan fingerprint density at radius 1 is 1.22 bits per heavy atom. The number of aromatic amines is 1. The van der Waals surface area contributed by atoms with Gasteiger partial charge in [0, 0.05) is 25.8 Å². The van der Waals surface area contributed by atoms with E-state index in [1.54, 1.807) is 20.0 Å². The van der Waals surface area contributed by atoms with E-state index in [0.29, 0.717) is 35.4 Å². The molecule has 4 rings (SSSR count). The minimum atomic E-state index is -0.318. The summed E-state index contributed by atoms with van der Waals surface area (Å²) in [5.41, 5.74) is 3.14. The van der Waals surface area contributed by atoms with Gasteiger partial charge in [-0.2, -0.15) is 0 Å². The average molecular weight is 364 g/mol. The molecule has 27 heavy (non-hydrogen) atoms. The predicted octanol–water partition coefficient (Wildman–Crippen LogP) is 1.66. The van der Waals surface area contributed by atoms with Crippen LogP contribution in [0.15, 0.2) is 35.1 Å². The number of para-hydroxylation sites is 2. The molecular formula is C19H20N6O2.